The van der Waals surface area contributed by atoms with Crippen LogP contribution in [0.1, 0.15) is 6.92 Å². The molecule has 0 saturated carbocycles. The lowest BCUT2D eigenvalue weighted by Gasteiger charge is -2.12. The smallest absolute Gasteiger partial charge is 0.411 e. The number of phenols is 2. The van der Waals surface area contributed by atoms with E-state index in [1.807, 2.05) is 0 Å². The second-order valence-electron chi connectivity index (χ2n) is 5.06. The van der Waals surface area contributed by atoms with Gasteiger partial charge in [0.1, 0.15) is 5.76 Å². The zero-order valence-corrected chi connectivity index (χ0v) is 13.1. The number of nitrogens with zero attached hydrogens (tertiary/aromatic N) is 1. The van der Waals surface area contributed by atoms with Gasteiger partial charge >= 0.3 is 6.09 Å². The van der Waals surface area contributed by atoms with E-state index in [1.165, 1.54) is 18.3 Å². The van der Waals surface area contributed by atoms with Gasteiger partial charge in [0.2, 0.25) is 5.43 Å². The lowest BCUT2D eigenvalue weighted by Crippen LogP contribution is -2.14. The molecule has 0 aliphatic carbocycles. The Bertz CT molecular complexity index is 1010. The highest BCUT2D eigenvalue weighted by molar-refractivity contribution is 5.92. The highest BCUT2D eigenvalue weighted by Gasteiger charge is 2.17. The number of aromatic nitrogens is 1. The quantitative estimate of drug-likeness (QED) is 0.494. The number of rotatable bonds is 3. The third-order valence-electron chi connectivity index (χ3n) is 3.38. The van der Waals surface area contributed by atoms with E-state index in [1.54, 1.807) is 19.1 Å². The van der Waals surface area contributed by atoms with Crippen LogP contribution in [0.3, 0.4) is 0 Å². The number of hydrogen-bond donors (Lipinski definition) is 3. The van der Waals surface area contributed by atoms with Crippen LogP contribution in [0.25, 0.3) is 22.4 Å². The van der Waals surface area contributed by atoms with Crippen molar-refractivity contribution in [2.45, 2.75) is 6.92 Å². The Kier molecular flexibility index (Phi) is 4.25. The van der Waals surface area contributed by atoms with Crippen LogP contribution in [-0.2, 0) is 4.74 Å². The summed E-state index contributed by atoms with van der Waals surface area (Å²) in [5.41, 5.74) is 0.339. The highest BCUT2D eigenvalue weighted by atomic mass is 16.5. The van der Waals surface area contributed by atoms with Gasteiger partial charge in [0.15, 0.2) is 22.6 Å². The third-order valence-corrected chi connectivity index (χ3v) is 3.38. The number of carbonyl (C=O) groups excluding carboxylic acids is 1. The molecule has 0 fully saturated rings. The number of hydrogen-bond acceptors (Lipinski definition) is 7. The van der Waals surface area contributed by atoms with Crippen LogP contribution in [0.4, 0.5) is 10.5 Å². The predicted molar refractivity (Wildman–Crippen MR) is 89.7 cm³/mol. The number of fused-ring (bicyclic) bond motifs is 1. The maximum atomic E-state index is 12.2. The molecule has 25 heavy (non-hydrogen) atoms. The molecule has 2 aromatic heterocycles. The van der Waals surface area contributed by atoms with E-state index in [-0.39, 0.29) is 40.1 Å². The lowest BCUT2D eigenvalue weighted by molar-refractivity contribution is 0.168. The number of aromatic hydroxyl groups is 2. The van der Waals surface area contributed by atoms with Gasteiger partial charge in [0.05, 0.1) is 12.3 Å². The van der Waals surface area contributed by atoms with Crippen molar-refractivity contribution in [2.24, 2.45) is 0 Å². The molecule has 0 aliphatic rings. The normalized spacial score (nSPS) is 10.6. The first-order valence-corrected chi connectivity index (χ1v) is 7.38. The largest absolute Gasteiger partial charge is 0.504 e. The minimum absolute atomic E-state index is 0.0904. The van der Waals surface area contributed by atoms with Crippen molar-refractivity contribution in [3.63, 3.8) is 0 Å². The first kappa shape index (κ1) is 16.3. The van der Waals surface area contributed by atoms with Crippen LogP contribution in [-0.4, -0.2) is 27.9 Å². The van der Waals surface area contributed by atoms with Gasteiger partial charge in [-0.2, -0.15) is 0 Å². The van der Waals surface area contributed by atoms with Crippen molar-refractivity contribution in [3.05, 3.63) is 46.8 Å². The van der Waals surface area contributed by atoms with Crippen molar-refractivity contribution in [1.82, 2.24) is 4.98 Å². The van der Waals surface area contributed by atoms with Gasteiger partial charge < -0.3 is 19.4 Å². The molecule has 128 valence electrons. The standard InChI is InChI=1S/C17H14N2O6/c1-2-24-17(23)19-10-7-12(21)11(20)6-9(10)15-8-13(22)16-14(25-15)4-3-5-18-16/h3-8,20-21H,2H2,1H3,(H,19,23). The highest BCUT2D eigenvalue weighted by Crippen LogP contribution is 2.37. The number of amides is 1. The number of nitrogens with one attached hydrogen (secondary N) is 1. The average Bonchev–Trinajstić information content (AvgIpc) is 2.58. The monoisotopic (exact) mass is 342 g/mol. The summed E-state index contributed by atoms with van der Waals surface area (Å²) in [5.74, 6) is -0.786. The number of phenolic OH excluding ortho intramolecular Hbond substituents is 2. The molecule has 0 atom stereocenters. The van der Waals surface area contributed by atoms with Gasteiger partial charge in [-0.15, -0.1) is 0 Å². The molecule has 0 spiro atoms. The van der Waals surface area contributed by atoms with Crippen LogP contribution in [0.5, 0.6) is 11.5 Å². The van der Waals surface area contributed by atoms with Crippen LogP contribution >= 0.6 is 0 Å². The Labute approximate surface area is 141 Å². The second kappa shape index (κ2) is 6.52. The van der Waals surface area contributed by atoms with E-state index in [0.29, 0.717) is 0 Å². The Hall–Kier alpha value is -3.55. The van der Waals surface area contributed by atoms with Crippen molar-refractivity contribution in [2.75, 3.05) is 11.9 Å². The Morgan fingerprint density at radius 2 is 2.04 bits per heavy atom. The van der Waals surface area contributed by atoms with E-state index in [9.17, 15) is 19.8 Å². The van der Waals surface area contributed by atoms with Gasteiger partial charge in [0, 0.05) is 23.9 Å². The number of pyridine rings is 1. The first-order valence-electron chi connectivity index (χ1n) is 7.38. The summed E-state index contributed by atoms with van der Waals surface area (Å²) in [4.78, 5) is 27.9. The fourth-order valence-corrected chi connectivity index (χ4v) is 2.29. The molecule has 3 aromatic rings. The Balaban J connectivity index is 2.17. The summed E-state index contributed by atoms with van der Waals surface area (Å²) in [5, 5.41) is 21.9. The molecule has 0 radical (unpaired) electrons. The Morgan fingerprint density at radius 3 is 2.80 bits per heavy atom. The fourth-order valence-electron chi connectivity index (χ4n) is 2.29. The summed E-state index contributed by atoms with van der Waals surface area (Å²) in [7, 11) is 0. The molecule has 0 unspecified atom stereocenters. The van der Waals surface area contributed by atoms with Gasteiger partial charge in [-0.3, -0.25) is 10.1 Å². The summed E-state index contributed by atoms with van der Waals surface area (Å²) in [6.07, 6.45) is 0.720. The molecule has 3 rings (SSSR count). The van der Waals surface area contributed by atoms with Crippen LogP contribution < -0.4 is 10.7 Å². The average molecular weight is 342 g/mol. The molecule has 1 amide bonds. The molecule has 1 aromatic carbocycles. The summed E-state index contributed by atoms with van der Waals surface area (Å²) < 4.78 is 10.5. The summed E-state index contributed by atoms with van der Waals surface area (Å²) in [6.45, 7) is 1.80. The third kappa shape index (κ3) is 3.23. The van der Waals surface area contributed by atoms with Gasteiger partial charge in [-0.25, -0.2) is 9.78 Å². The number of benzene rings is 1. The number of anilines is 1. The van der Waals surface area contributed by atoms with Crippen molar-refractivity contribution < 1.29 is 24.2 Å². The first-order chi connectivity index (χ1) is 12.0. The molecule has 2 heterocycles. The van der Waals surface area contributed by atoms with Gasteiger partial charge in [0.25, 0.3) is 0 Å². The van der Waals surface area contributed by atoms with Crippen LogP contribution in [0.15, 0.2) is 45.7 Å². The van der Waals surface area contributed by atoms with Gasteiger partial charge in [-0.1, -0.05) is 0 Å². The van der Waals surface area contributed by atoms with E-state index < -0.39 is 17.6 Å². The summed E-state index contributed by atoms with van der Waals surface area (Å²) >= 11 is 0. The van der Waals surface area contributed by atoms with Crippen molar-refractivity contribution in [1.29, 1.82) is 0 Å². The number of ether oxygens (including phenoxy) is 1. The molecular weight excluding hydrogens is 328 g/mol. The SMILES string of the molecule is CCOC(=O)Nc1cc(O)c(O)cc1-c1cc(=O)c2ncccc2o1. The second-order valence-corrected chi connectivity index (χ2v) is 5.06. The van der Waals surface area contributed by atoms with Crippen molar-refractivity contribution in [3.8, 4) is 22.8 Å². The van der Waals surface area contributed by atoms with E-state index in [4.69, 9.17) is 9.15 Å². The minimum Gasteiger partial charge on any atom is -0.504 e. The molecular formula is C17H14N2O6. The van der Waals surface area contributed by atoms with Crippen LogP contribution in [0.2, 0.25) is 0 Å². The maximum Gasteiger partial charge on any atom is 0.411 e. The van der Waals surface area contributed by atoms with E-state index >= 15 is 0 Å². The molecule has 3 N–H and O–H groups in total. The van der Waals surface area contributed by atoms with Crippen LogP contribution in [0, 0.1) is 0 Å². The lowest BCUT2D eigenvalue weighted by atomic mass is 10.1. The molecule has 0 saturated heterocycles. The van der Waals surface area contributed by atoms with E-state index in [2.05, 4.69) is 10.3 Å². The molecule has 0 aliphatic heterocycles. The van der Waals surface area contributed by atoms with Gasteiger partial charge in [-0.05, 0) is 25.1 Å². The fraction of sp³-hybridized carbons (Fsp3) is 0.118. The van der Waals surface area contributed by atoms with Crippen molar-refractivity contribution >= 4 is 22.9 Å². The Morgan fingerprint density at radius 1 is 1.28 bits per heavy atom. The topological polar surface area (TPSA) is 122 Å². The zero-order chi connectivity index (χ0) is 18.0. The minimum atomic E-state index is -0.751. The summed E-state index contributed by atoms with van der Waals surface area (Å²) in [6, 6.07) is 6.69. The zero-order valence-electron chi connectivity index (χ0n) is 13.1. The maximum absolute atomic E-state index is 12.2. The molecule has 0 bridgehead atoms. The molecule has 8 nitrogen and oxygen atoms in total. The number of carbonyl (C=O) groups is 1. The predicted octanol–water partition coefficient (Wildman–Crippen LogP) is 2.83. The molecule has 8 heteroatoms. The van der Waals surface area contributed by atoms with E-state index in [0.717, 1.165) is 6.07 Å².